The number of likely N-dealkylation sites (tertiary alicyclic amines) is 1. The number of hydrogen-bond donors (Lipinski definition) is 0. The summed E-state index contributed by atoms with van der Waals surface area (Å²) >= 11 is 1.44. The van der Waals surface area contributed by atoms with Gasteiger partial charge in [0.15, 0.2) is 10.8 Å². The van der Waals surface area contributed by atoms with Crippen molar-refractivity contribution in [3.8, 4) is 0 Å². The molecule has 0 saturated carbocycles. The quantitative estimate of drug-likeness (QED) is 0.812. The van der Waals surface area contributed by atoms with Gasteiger partial charge in [-0.05, 0) is 40.0 Å². The first-order chi connectivity index (χ1) is 10.6. The second kappa shape index (κ2) is 6.24. The Balaban J connectivity index is 1.73. The van der Waals surface area contributed by atoms with Gasteiger partial charge in [-0.2, -0.15) is 0 Å². The van der Waals surface area contributed by atoms with Crippen molar-refractivity contribution in [1.29, 1.82) is 0 Å². The largest absolute Gasteiger partial charge is 0.339 e. The predicted molar refractivity (Wildman–Crippen MR) is 86.0 cm³/mol. The van der Waals surface area contributed by atoms with E-state index in [4.69, 9.17) is 0 Å². The van der Waals surface area contributed by atoms with Gasteiger partial charge in [0.1, 0.15) is 5.82 Å². The van der Waals surface area contributed by atoms with E-state index in [0.717, 1.165) is 41.7 Å². The second-order valence-electron chi connectivity index (χ2n) is 5.84. The van der Waals surface area contributed by atoms with Crippen LogP contribution in [0, 0.1) is 13.8 Å². The van der Waals surface area contributed by atoms with Gasteiger partial charge in [-0.3, -0.25) is 9.20 Å². The van der Waals surface area contributed by atoms with Gasteiger partial charge in [0.05, 0.1) is 5.75 Å². The molecule has 3 heterocycles. The van der Waals surface area contributed by atoms with Crippen LogP contribution in [0.15, 0.2) is 11.2 Å². The molecular weight excluding hydrogens is 298 g/mol. The van der Waals surface area contributed by atoms with E-state index in [1.54, 1.807) is 0 Å². The van der Waals surface area contributed by atoms with E-state index in [1.165, 1.54) is 18.2 Å². The zero-order valence-electron chi connectivity index (χ0n) is 13.2. The molecule has 2 aromatic heterocycles. The molecule has 1 aliphatic heterocycles. The van der Waals surface area contributed by atoms with Crippen molar-refractivity contribution in [2.75, 3.05) is 12.3 Å². The van der Waals surface area contributed by atoms with Crippen LogP contribution in [0.1, 0.15) is 37.7 Å². The number of aryl methyl sites for hydroxylation is 2. The molecule has 0 radical (unpaired) electrons. The van der Waals surface area contributed by atoms with Crippen molar-refractivity contribution < 1.29 is 4.79 Å². The standard InChI is InChI=1S/C15H21N5OS/c1-10-8-13-17-18-15(20(13)12(3)16-10)22-9-14(21)19-7-5-4-6-11(19)2/h8,11H,4-7,9H2,1-3H3. The zero-order chi connectivity index (χ0) is 15.7. The highest BCUT2D eigenvalue weighted by Crippen LogP contribution is 2.22. The number of carbonyl (C=O) groups is 1. The number of piperidine rings is 1. The van der Waals surface area contributed by atoms with E-state index in [9.17, 15) is 4.79 Å². The predicted octanol–water partition coefficient (Wildman–Crippen LogP) is 2.23. The Labute approximate surface area is 134 Å². The Morgan fingerprint density at radius 1 is 1.36 bits per heavy atom. The molecule has 22 heavy (non-hydrogen) atoms. The van der Waals surface area contributed by atoms with Crippen LogP contribution >= 0.6 is 11.8 Å². The van der Waals surface area contributed by atoms with Crippen LogP contribution < -0.4 is 0 Å². The van der Waals surface area contributed by atoms with E-state index < -0.39 is 0 Å². The van der Waals surface area contributed by atoms with Crippen molar-refractivity contribution in [1.82, 2.24) is 24.5 Å². The van der Waals surface area contributed by atoms with E-state index in [0.29, 0.717) is 11.8 Å². The Hall–Kier alpha value is -1.63. The number of fused-ring (bicyclic) bond motifs is 1. The molecule has 2 aromatic rings. The van der Waals surface area contributed by atoms with Gasteiger partial charge in [-0.1, -0.05) is 11.8 Å². The van der Waals surface area contributed by atoms with Gasteiger partial charge >= 0.3 is 0 Å². The summed E-state index contributed by atoms with van der Waals surface area (Å²) in [5.74, 6) is 1.44. The SMILES string of the molecule is Cc1cc2nnc(SCC(=O)N3CCCCC3C)n2c(C)n1. The third kappa shape index (κ3) is 2.95. The highest BCUT2D eigenvalue weighted by molar-refractivity contribution is 7.99. The molecule has 0 spiro atoms. The van der Waals surface area contributed by atoms with Crippen LogP contribution in [0.3, 0.4) is 0 Å². The lowest BCUT2D eigenvalue weighted by Gasteiger charge is -2.33. The van der Waals surface area contributed by atoms with Gasteiger partial charge in [0, 0.05) is 24.3 Å². The monoisotopic (exact) mass is 319 g/mol. The summed E-state index contributed by atoms with van der Waals surface area (Å²) < 4.78 is 1.91. The van der Waals surface area contributed by atoms with Crippen molar-refractivity contribution in [3.05, 3.63) is 17.6 Å². The molecule has 7 heteroatoms. The third-order valence-electron chi connectivity index (χ3n) is 4.11. The summed E-state index contributed by atoms with van der Waals surface area (Å²) in [6.45, 7) is 6.88. The number of rotatable bonds is 3. The van der Waals surface area contributed by atoms with Gasteiger partial charge in [0.2, 0.25) is 5.91 Å². The molecule has 1 aliphatic rings. The first-order valence-corrected chi connectivity index (χ1v) is 8.66. The summed E-state index contributed by atoms with van der Waals surface area (Å²) in [4.78, 5) is 18.8. The molecule has 6 nitrogen and oxygen atoms in total. The summed E-state index contributed by atoms with van der Waals surface area (Å²) in [6.07, 6.45) is 3.43. The lowest BCUT2D eigenvalue weighted by molar-refractivity contribution is -0.131. The van der Waals surface area contributed by atoms with E-state index in [-0.39, 0.29) is 5.91 Å². The Morgan fingerprint density at radius 2 is 2.18 bits per heavy atom. The number of amides is 1. The first kappa shape index (κ1) is 15.3. The molecular formula is C15H21N5OS. The first-order valence-electron chi connectivity index (χ1n) is 7.68. The minimum atomic E-state index is 0.187. The summed E-state index contributed by atoms with van der Waals surface area (Å²) in [6, 6.07) is 2.25. The van der Waals surface area contributed by atoms with E-state index in [1.807, 2.05) is 29.2 Å². The fraction of sp³-hybridized carbons (Fsp3) is 0.600. The topological polar surface area (TPSA) is 63.4 Å². The Kier molecular flexibility index (Phi) is 4.33. The molecule has 0 bridgehead atoms. The minimum Gasteiger partial charge on any atom is -0.339 e. The second-order valence-corrected chi connectivity index (χ2v) is 6.78. The van der Waals surface area contributed by atoms with Crippen LogP contribution in [0.2, 0.25) is 0 Å². The van der Waals surface area contributed by atoms with Crippen molar-refractivity contribution in [2.24, 2.45) is 0 Å². The minimum absolute atomic E-state index is 0.187. The van der Waals surface area contributed by atoms with Crippen LogP contribution in [-0.4, -0.2) is 48.7 Å². The van der Waals surface area contributed by atoms with Crippen LogP contribution in [0.4, 0.5) is 0 Å². The van der Waals surface area contributed by atoms with E-state index in [2.05, 4.69) is 22.1 Å². The molecule has 0 N–H and O–H groups in total. The fourth-order valence-electron chi connectivity index (χ4n) is 2.97. The van der Waals surface area contributed by atoms with Crippen molar-refractivity contribution in [2.45, 2.75) is 51.2 Å². The van der Waals surface area contributed by atoms with Crippen LogP contribution in [0.25, 0.3) is 5.65 Å². The summed E-state index contributed by atoms with van der Waals surface area (Å²) in [5, 5.41) is 9.11. The number of aromatic nitrogens is 4. The van der Waals surface area contributed by atoms with Gasteiger partial charge in [-0.15, -0.1) is 10.2 Å². The summed E-state index contributed by atoms with van der Waals surface area (Å²) in [5.41, 5.74) is 1.71. The van der Waals surface area contributed by atoms with Crippen molar-refractivity contribution >= 4 is 23.3 Å². The maximum absolute atomic E-state index is 12.4. The highest BCUT2D eigenvalue weighted by Gasteiger charge is 2.23. The van der Waals surface area contributed by atoms with Crippen molar-refractivity contribution in [3.63, 3.8) is 0 Å². The number of carbonyl (C=O) groups excluding carboxylic acids is 1. The number of nitrogens with zero attached hydrogens (tertiary/aromatic N) is 5. The molecule has 1 saturated heterocycles. The molecule has 1 fully saturated rings. The maximum atomic E-state index is 12.4. The lowest BCUT2D eigenvalue weighted by atomic mass is 10.0. The van der Waals surface area contributed by atoms with Gasteiger partial charge in [-0.25, -0.2) is 4.98 Å². The molecule has 0 aliphatic carbocycles. The maximum Gasteiger partial charge on any atom is 0.233 e. The smallest absolute Gasteiger partial charge is 0.233 e. The number of hydrogen-bond acceptors (Lipinski definition) is 5. The average molecular weight is 319 g/mol. The molecule has 1 atom stereocenters. The Bertz CT molecular complexity index is 699. The van der Waals surface area contributed by atoms with Crippen LogP contribution in [0.5, 0.6) is 0 Å². The van der Waals surface area contributed by atoms with Crippen LogP contribution in [-0.2, 0) is 4.79 Å². The molecule has 1 amide bonds. The molecule has 1 unspecified atom stereocenters. The molecule has 3 rings (SSSR count). The average Bonchev–Trinajstić information content (AvgIpc) is 2.88. The fourth-order valence-corrected chi connectivity index (χ4v) is 3.85. The lowest BCUT2D eigenvalue weighted by Crippen LogP contribution is -2.42. The molecule has 0 aromatic carbocycles. The molecule has 118 valence electrons. The third-order valence-corrected chi connectivity index (χ3v) is 5.02. The number of thioether (sulfide) groups is 1. The van der Waals surface area contributed by atoms with Gasteiger partial charge < -0.3 is 4.90 Å². The van der Waals surface area contributed by atoms with Gasteiger partial charge in [0.25, 0.3) is 0 Å². The summed E-state index contributed by atoms with van der Waals surface area (Å²) in [7, 11) is 0. The Morgan fingerprint density at radius 3 is 2.95 bits per heavy atom. The van der Waals surface area contributed by atoms with E-state index >= 15 is 0 Å². The highest BCUT2D eigenvalue weighted by atomic mass is 32.2. The normalized spacial score (nSPS) is 18.9. The zero-order valence-corrected chi connectivity index (χ0v) is 14.1.